The Balaban J connectivity index is 2.16. The number of hydrogen-bond donors (Lipinski definition) is 1. The zero-order chi connectivity index (χ0) is 9.80. The molecule has 0 saturated carbocycles. The molecule has 2 nitrogen and oxygen atoms in total. The molecule has 0 bridgehead atoms. The van der Waals surface area contributed by atoms with Gasteiger partial charge in [0.05, 0.1) is 0 Å². The summed E-state index contributed by atoms with van der Waals surface area (Å²) in [7, 11) is 0. The second-order valence-electron chi connectivity index (χ2n) is 3.12. The zero-order valence-electron chi connectivity index (χ0n) is 7.73. The van der Waals surface area contributed by atoms with Crippen molar-refractivity contribution in [3.63, 3.8) is 0 Å². The van der Waals surface area contributed by atoms with E-state index < -0.39 is 0 Å². The molecule has 0 atom stereocenters. The lowest BCUT2D eigenvalue weighted by atomic mass is 10.1. The number of benzene rings is 1. The van der Waals surface area contributed by atoms with E-state index in [0.29, 0.717) is 0 Å². The molecular formula is C12H11NO. The Hall–Kier alpha value is -1.83. The summed E-state index contributed by atoms with van der Waals surface area (Å²) in [5, 5.41) is 3.09. The summed E-state index contributed by atoms with van der Waals surface area (Å²) in [6.07, 6.45) is 6.95. The molecule has 1 aromatic carbocycles. The number of allylic oxidation sites excluding steroid dienone is 2. The van der Waals surface area contributed by atoms with E-state index in [9.17, 15) is 4.79 Å². The minimum absolute atomic E-state index is 0.758. The predicted molar refractivity (Wildman–Crippen MR) is 56.5 cm³/mol. The van der Waals surface area contributed by atoms with Crippen LogP contribution in [0.15, 0.2) is 42.6 Å². The van der Waals surface area contributed by atoms with E-state index in [1.807, 2.05) is 12.1 Å². The highest BCUT2D eigenvalue weighted by molar-refractivity contribution is 5.73. The maximum Gasteiger partial charge on any atom is 0.144 e. The van der Waals surface area contributed by atoms with Gasteiger partial charge in [-0.3, -0.25) is 4.79 Å². The fourth-order valence-electron chi connectivity index (χ4n) is 1.60. The monoisotopic (exact) mass is 185 g/mol. The lowest BCUT2D eigenvalue weighted by Crippen LogP contribution is -2.01. The molecule has 0 heterocycles. The second-order valence-corrected chi connectivity index (χ2v) is 3.12. The van der Waals surface area contributed by atoms with E-state index >= 15 is 0 Å². The average Bonchev–Trinajstić information content (AvgIpc) is 2.63. The molecule has 0 amide bonds. The van der Waals surface area contributed by atoms with Crippen LogP contribution in [0.5, 0.6) is 0 Å². The normalized spacial score (nSPS) is 13.9. The van der Waals surface area contributed by atoms with Gasteiger partial charge in [0, 0.05) is 17.5 Å². The third-order valence-electron chi connectivity index (χ3n) is 2.25. The van der Waals surface area contributed by atoms with E-state index in [2.05, 4.69) is 23.5 Å². The Morgan fingerprint density at radius 3 is 3.00 bits per heavy atom. The number of fused-ring (bicyclic) bond motifs is 1. The lowest BCUT2D eigenvalue weighted by Gasteiger charge is -2.03. The summed E-state index contributed by atoms with van der Waals surface area (Å²) >= 11 is 0. The Kier molecular flexibility index (Phi) is 2.45. The molecule has 0 aromatic heterocycles. The molecule has 0 saturated heterocycles. The van der Waals surface area contributed by atoms with Crippen molar-refractivity contribution in [3.8, 4) is 0 Å². The molecule has 0 spiro atoms. The minimum atomic E-state index is 0.758. The van der Waals surface area contributed by atoms with E-state index in [-0.39, 0.29) is 0 Å². The number of nitrogens with one attached hydrogen (secondary N) is 1. The van der Waals surface area contributed by atoms with Crippen LogP contribution in [0.1, 0.15) is 11.1 Å². The lowest BCUT2D eigenvalue weighted by molar-refractivity contribution is -0.104. The van der Waals surface area contributed by atoms with Crippen molar-refractivity contribution < 1.29 is 4.79 Å². The second kappa shape index (κ2) is 3.92. The van der Waals surface area contributed by atoms with E-state index in [1.165, 1.54) is 17.2 Å². The first-order valence-corrected chi connectivity index (χ1v) is 4.57. The average molecular weight is 185 g/mol. The minimum Gasteiger partial charge on any atom is -0.361 e. The van der Waals surface area contributed by atoms with Crippen LogP contribution in [0.3, 0.4) is 0 Å². The van der Waals surface area contributed by atoms with Gasteiger partial charge < -0.3 is 5.32 Å². The van der Waals surface area contributed by atoms with E-state index in [4.69, 9.17) is 0 Å². The Bertz CT molecular complexity index is 405. The van der Waals surface area contributed by atoms with Gasteiger partial charge in [0.25, 0.3) is 0 Å². The first-order valence-electron chi connectivity index (χ1n) is 4.57. The van der Waals surface area contributed by atoms with Gasteiger partial charge in [-0.05, 0) is 18.1 Å². The third-order valence-corrected chi connectivity index (χ3v) is 2.25. The van der Waals surface area contributed by atoms with Gasteiger partial charge in [-0.2, -0.15) is 0 Å². The van der Waals surface area contributed by atoms with Crippen molar-refractivity contribution in [2.45, 2.75) is 6.42 Å². The molecule has 1 aliphatic rings. The van der Waals surface area contributed by atoms with Gasteiger partial charge in [0.1, 0.15) is 6.29 Å². The molecule has 2 heteroatoms. The van der Waals surface area contributed by atoms with Crippen molar-refractivity contribution in [1.29, 1.82) is 0 Å². The summed E-state index contributed by atoms with van der Waals surface area (Å²) in [6, 6.07) is 8.25. The Labute approximate surface area is 82.9 Å². The maximum absolute atomic E-state index is 10.1. The molecular weight excluding hydrogens is 174 g/mol. The van der Waals surface area contributed by atoms with Crippen LogP contribution in [0.25, 0.3) is 5.70 Å². The summed E-state index contributed by atoms with van der Waals surface area (Å²) in [5.74, 6) is 0. The van der Waals surface area contributed by atoms with Crippen LogP contribution >= 0.6 is 0 Å². The van der Waals surface area contributed by atoms with E-state index in [0.717, 1.165) is 18.4 Å². The van der Waals surface area contributed by atoms with Gasteiger partial charge in [-0.1, -0.05) is 30.3 Å². The maximum atomic E-state index is 10.1. The smallest absolute Gasteiger partial charge is 0.144 e. The summed E-state index contributed by atoms with van der Waals surface area (Å²) < 4.78 is 0. The third kappa shape index (κ3) is 1.59. The highest BCUT2D eigenvalue weighted by atomic mass is 16.1. The van der Waals surface area contributed by atoms with Gasteiger partial charge in [0.2, 0.25) is 0 Å². The largest absolute Gasteiger partial charge is 0.361 e. The Morgan fingerprint density at radius 2 is 2.14 bits per heavy atom. The number of rotatable bonds is 3. The van der Waals surface area contributed by atoms with Gasteiger partial charge in [-0.25, -0.2) is 0 Å². The van der Waals surface area contributed by atoms with Crippen molar-refractivity contribution >= 4 is 12.0 Å². The van der Waals surface area contributed by atoms with Gasteiger partial charge in [-0.15, -0.1) is 0 Å². The molecule has 14 heavy (non-hydrogen) atoms. The first kappa shape index (κ1) is 8.75. The number of carbonyl (C=O) groups excluding carboxylic acids is 1. The van der Waals surface area contributed by atoms with Crippen LogP contribution in [0, 0.1) is 0 Å². The van der Waals surface area contributed by atoms with Crippen LogP contribution in [-0.4, -0.2) is 6.29 Å². The molecule has 0 unspecified atom stereocenters. The summed E-state index contributed by atoms with van der Waals surface area (Å²) in [5.41, 5.74) is 3.64. The molecule has 2 rings (SSSR count). The highest BCUT2D eigenvalue weighted by Crippen LogP contribution is 2.24. The Morgan fingerprint density at radius 1 is 1.29 bits per heavy atom. The topological polar surface area (TPSA) is 29.1 Å². The summed E-state index contributed by atoms with van der Waals surface area (Å²) in [4.78, 5) is 10.1. The number of aldehydes is 1. The molecule has 1 aromatic rings. The van der Waals surface area contributed by atoms with Gasteiger partial charge in [0.15, 0.2) is 0 Å². The van der Waals surface area contributed by atoms with Crippen LogP contribution in [-0.2, 0) is 11.2 Å². The zero-order valence-corrected chi connectivity index (χ0v) is 7.73. The number of hydrogen-bond acceptors (Lipinski definition) is 2. The summed E-state index contributed by atoms with van der Waals surface area (Å²) in [6.45, 7) is 0. The quantitative estimate of drug-likeness (QED) is 0.575. The highest BCUT2D eigenvalue weighted by Gasteiger charge is 2.10. The predicted octanol–water partition coefficient (Wildman–Crippen LogP) is 1.89. The van der Waals surface area contributed by atoms with Gasteiger partial charge >= 0.3 is 0 Å². The molecule has 70 valence electrons. The number of carbonyl (C=O) groups is 1. The van der Waals surface area contributed by atoms with Crippen LogP contribution in [0.4, 0.5) is 0 Å². The molecule has 0 fully saturated rings. The molecule has 1 aliphatic carbocycles. The molecule has 0 radical (unpaired) electrons. The fraction of sp³-hybridized carbons (Fsp3) is 0.0833. The van der Waals surface area contributed by atoms with Crippen LogP contribution in [0.2, 0.25) is 0 Å². The standard InChI is InChI=1S/C12H11NO/c14-9-3-8-13-12-7-6-10-4-1-2-5-11(10)12/h1-5,7-9,13H,6H2/b8-3-. The van der Waals surface area contributed by atoms with Crippen molar-refractivity contribution in [2.24, 2.45) is 0 Å². The van der Waals surface area contributed by atoms with E-state index in [1.54, 1.807) is 6.20 Å². The first-order chi connectivity index (χ1) is 6.92. The van der Waals surface area contributed by atoms with Crippen molar-refractivity contribution in [1.82, 2.24) is 5.32 Å². The fourth-order valence-corrected chi connectivity index (χ4v) is 1.60. The molecule has 1 N–H and O–H groups in total. The van der Waals surface area contributed by atoms with Crippen molar-refractivity contribution in [3.05, 3.63) is 53.7 Å². The van der Waals surface area contributed by atoms with Crippen molar-refractivity contribution in [2.75, 3.05) is 0 Å². The molecule has 0 aliphatic heterocycles. The SMILES string of the molecule is O=C/C=C\NC1=CCc2ccccc21. The van der Waals surface area contributed by atoms with Crippen LogP contribution < -0.4 is 5.32 Å².